The Kier molecular flexibility index (Phi) is 7.75. The molecule has 1 aliphatic heterocycles. The van der Waals surface area contributed by atoms with E-state index >= 15 is 0 Å². The Morgan fingerprint density at radius 1 is 1.22 bits per heavy atom. The fourth-order valence-electron chi connectivity index (χ4n) is 3.48. The first-order chi connectivity index (χ1) is 15.4. The number of ether oxygens (including phenoxy) is 2. The minimum Gasteiger partial charge on any atom is -0.493 e. The van der Waals surface area contributed by atoms with Crippen LogP contribution in [0.5, 0.6) is 11.5 Å². The minimum atomic E-state index is -0.274. The highest BCUT2D eigenvalue weighted by Gasteiger charge is 2.29. The molecule has 2 heterocycles. The fraction of sp³-hybridized carbons (Fsp3) is 0.435. The van der Waals surface area contributed by atoms with Crippen molar-refractivity contribution >= 4 is 17.7 Å². The summed E-state index contributed by atoms with van der Waals surface area (Å²) in [6.07, 6.45) is 2.95. The molecule has 1 aliphatic rings. The van der Waals surface area contributed by atoms with E-state index in [1.807, 2.05) is 6.07 Å². The van der Waals surface area contributed by atoms with E-state index in [1.165, 1.54) is 18.3 Å². The third-order valence-corrected chi connectivity index (χ3v) is 5.36. The molecule has 1 N–H and O–H groups in total. The van der Waals surface area contributed by atoms with Crippen LogP contribution >= 0.6 is 0 Å². The lowest BCUT2D eigenvalue weighted by Crippen LogP contribution is -2.45. The van der Waals surface area contributed by atoms with Crippen LogP contribution in [0.2, 0.25) is 0 Å². The molecule has 9 heteroatoms. The number of benzene rings is 1. The number of furan rings is 1. The van der Waals surface area contributed by atoms with E-state index < -0.39 is 0 Å². The van der Waals surface area contributed by atoms with Crippen molar-refractivity contribution in [3.8, 4) is 11.5 Å². The zero-order valence-electron chi connectivity index (χ0n) is 18.6. The first-order valence-electron chi connectivity index (χ1n) is 10.5. The lowest BCUT2D eigenvalue weighted by atomic mass is 9.96. The van der Waals surface area contributed by atoms with Crippen LogP contribution in [-0.2, 0) is 16.1 Å². The summed E-state index contributed by atoms with van der Waals surface area (Å²) in [7, 11) is 4.84. The molecule has 1 unspecified atom stereocenters. The Bertz CT molecular complexity index is 941. The average molecular weight is 444 g/mol. The molecule has 1 fully saturated rings. The number of likely N-dealkylation sites (N-methyl/N-ethyl adjacent to an activating group) is 1. The molecule has 0 saturated carbocycles. The number of piperidine rings is 1. The van der Waals surface area contributed by atoms with Crippen molar-refractivity contribution in [2.45, 2.75) is 19.4 Å². The molecule has 1 aromatic carbocycles. The lowest BCUT2D eigenvalue weighted by Gasteiger charge is -2.31. The van der Waals surface area contributed by atoms with Crippen LogP contribution < -0.4 is 14.8 Å². The van der Waals surface area contributed by atoms with Gasteiger partial charge >= 0.3 is 0 Å². The quantitative estimate of drug-likeness (QED) is 0.669. The van der Waals surface area contributed by atoms with Gasteiger partial charge in [0.1, 0.15) is 0 Å². The van der Waals surface area contributed by atoms with Gasteiger partial charge in [0.15, 0.2) is 23.9 Å². The van der Waals surface area contributed by atoms with E-state index in [0.717, 1.165) is 18.4 Å². The SMILES string of the molecule is COc1cc(CNC(=O)C2CCCN(C(=O)c3ccco3)C2)ccc1OCC(=O)N(C)C. The zero-order valence-corrected chi connectivity index (χ0v) is 18.6. The van der Waals surface area contributed by atoms with Gasteiger partial charge in [0.25, 0.3) is 11.8 Å². The number of hydrogen-bond donors (Lipinski definition) is 1. The number of methoxy groups -OCH3 is 1. The first-order valence-corrected chi connectivity index (χ1v) is 10.5. The molecule has 172 valence electrons. The van der Waals surface area contributed by atoms with Crippen molar-refractivity contribution in [1.29, 1.82) is 0 Å². The third kappa shape index (κ3) is 5.81. The molecule has 1 aromatic heterocycles. The zero-order chi connectivity index (χ0) is 23.1. The first kappa shape index (κ1) is 23.2. The van der Waals surface area contributed by atoms with Gasteiger partial charge in [-0.1, -0.05) is 6.07 Å². The molecule has 9 nitrogen and oxygen atoms in total. The Balaban J connectivity index is 1.54. The standard InChI is InChI=1S/C23H29N3O6/c1-25(2)21(27)15-32-18-9-8-16(12-20(18)30-3)13-24-22(28)17-6-4-10-26(14-17)23(29)19-7-5-11-31-19/h5,7-9,11-12,17H,4,6,10,13-15H2,1-3H3,(H,24,28). The van der Waals surface area contributed by atoms with E-state index in [9.17, 15) is 14.4 Å². The van der Waals surface area contributed by atoms with Gasteiger partial charge in [-0.05, 0) is 42.7 Å². The molecule has 32 heavy (non-hydrogen) atoms. The molecular formula is C23H29N3O6. The maximum Gasteiger partial charge on any atom is 0.289 e. The van der Waals surface area contributed by atoms with Crippen molar-refractivity contribution < 1.29 is 28.3 Å². The van der Waals surface area contributed by atoms with Crippen molar-refractivity contribution in [2.75, 3.05) is 40.9 Å². The van der Waals surface area contributed by atoms with Gasteiger partial charge < -0.3 is 29.0 Å². The number of carbonyl (C=O) groups is 3. The monoisotopic (exact) mass is 443 g/mol. The second-order valence-electron chi connectivity index (χ2n) is 7.85. The highest BCUT2D eigenvalue weighted by atomic mass is 16.5. The second-order valence-corrected chi connectivity index (χ2v) is 7.85. The van der Waals surface area contributed by atoms with E-state index in [2.05, 4.69) is 5.32 Å². The largest absolute Gasteiger partial charge is 0.493 e. The summed E-state index contributed by atoms with van der Waals surface area (Å²) in [6.45, 7) is 1.20. The van der Waals surface area contributed by atoms with Gasteiger partial charge in [-0.15, -0.1) is 0 Å². The molecule has 3 rings (SSSR count). The molecule has 1 saturated heterocycles. The molecule has 0 aliphatic carbocycles. The molecular weight excluding hydrogens is 414 g/mol. The van der Waals surface area contributed by atoms with Crippen LogP contribution in [0.4, 0.5) is 0 Å². The molecule has 1 atom stereocenters. The van der Waals surface area contributed by atoms with Gasteiger partial charge in [-0.2, -0.15) is 0 Å². The maximum absolute atomic E-state index is 12.7. The molecule has 2 aromatic rings. The molecule has 0 bridgehead atoms. The lowest BCUT2D eigenvalue weighted by molar-refractivity contribution is -0.130. The normalized spacial score (nSPS) is 15.7. The van der Waals surface area contributed by atoms with E-state index in [-0.39, 0.29) is 36.0 Å². The second kappa shape index (κ2) is 10.7. The predicted octanol–water partition coefficient (Wildman–Crippen LogP) is 1.92. The highest BCUT2D eigenvalue weighted by molar-refractivity contribution is 5.92. The van der Waals surface area contributed by atoms with Crippen LogP contribution in [0.15, 0.2) is 41.0 Å². The molecule has 0 radical (unpaired) electrons. The average Bonchev–Trinajstić information content (AvgIpc) is 3.35. The van der Waals surface area contributed by atoms with Crippen LogP contribution in [0.25, 0.3) is 0 Å². The summed E-state index contributed by atoms with van der Waals surface area (Å²) >= 11 is 0. The van der Waals surface area contributed by atoms with Gasteiger partial charge in [0, 0.05) is 33.7 Å². The predicted molar refractivity (Wildman–Crippen MR) is 116 cm³/mol. The molecule has 3 amide bonds. The van der Waals surface area contributed by atoms with E-state index in [4.69, 9.17) is 13.9 Å². The van der Waals surface area contributed by atoms with Crippen molar-refractivity contribution in [3.05, 3.63) is 47.9 Å². The van der Waals surface area contributed by atoms with Gasteiger partial charge in [-0.3, -0.25) is 14.4 Å². The topological polar surface area (TPSA) is 101 Å². The maximum atomic E-state index is 12.7. The number of likely N-dealkylation sites (tertiary alicyclic amines) is 1. The van der Waals surface area contributed by atoms with Crippen LogP contribution in [0.3, 0.4) is 0 Å². The van der Waals surface area contributed by atoms with Crippen molar-refractivity contribution in [3.63, 3.8) is 0 Å². The summed E-state index contributed by atoms with van der Waals surface area (Å²) in [6, 6.07) is 8.60. The summed E-state index contributed by atoms with van der Waals surface area (Å²) < 4.78 is 16.1. The summed E-state index contributed by atoms with van der Waals surface area (Å²) in [5.41, 5.74) is 0.834. The highest BCUT2D eigenvalue weighted by Crippen LogP contribution is 2.28. The van der Waals surface area contributed by atoms with Crippen LogP contribution in [0, 0.1) is 5.92 Å². The van der Waals surface area contributed by atoms with Crippen molar-refractivity contribution in [2.24, 2.45) is 5.92 Å². The summed E-state index contributed by atoms with van der Waals surface area (Å²) in [5, 5.41) is 2.94. The number of rotatable bonds is 8. The number of carbonyl (C=O) groups excluding carboxylic acids is 3. The number of hydrogen-bond acceptors (Lipinski definition) is 6. The number of nitrogens with zero attached hydrogens (tertiary/aromatic N) is 2. The van der Waals surface area contributed by atoms with Crippen molar-refractivity contribution in [1.82, 2.24) is 15.1 Å². The number of amides is 3. The summed E-state index contributed by atoms with van der Waals surface area (Å²) in [5.74, 6) is 0.499. The number of nitrogens with one attached hydrogen (secondary N) is 1. The van der Waals surface area contributed by atoms with Crippen LogP contribution in [0.1, 0.15) is 29.0 Å². The Morgan fingerprint density at radius 3 is 2.72 bits per heavy atom. The van der Waals surface area contributed by atoms with Gasteiger partial charge in [0.05, 0.1) is 19.3 Å². The van der Waals surface area contributed by atoms with Crippen LogP contribution in [-0.4, -0.2) is 68.4 Å². The third-order valence-electron chi connectivity index (χ3n) is 5.36. The fourth-order valence-corrected chi connectivity index (χ4v) is 3.48. The van der Waals surface area contributed by atoms with E-state index in [1.54, 1.807) is 43.3 Å². The Morgan fingerprint density at radius 2 is 2.03 bits per heavy atom. The van der Waals surface area contributed by atoms with Gasteiger partial charge in [-0.25, -0.2) is 0 Å². The Hall–Kier alpha value is -3.49. The Labute approximate surface area is 187 Å². The van der Waals surface area contributed by atoms with E-state index in [0.29, 0.717) is 31.1 Å². The van der Waals surface area contributed by atoms with Gasteiger partial charge in [0.2, 0.25) is 5.91 Å². The smallest absolute Gasteiger partial charge is 0.289 e. The molecule has 0 spiro atoms. The summed E-state index contributed by atoms with van der Waals surface area (Å²) in [4.78, 5) is 40.1. The minimum absolute atomic E-state index is 0.0889.